The van der Waals surface area contributed by atoms with Gasteiger partial charge in [0.2, 0.25) is 0 Å². The van der Waals surface area contributed by atoms with Crippen LogP contribution in [-0.2, 0) is 0 Å². The lowest BCUT2D eigenvalue weighted by molar-refractivity contribution is 0.415. The summed E-state index contributed by atoms with van der Waals surface area (Å²) in [5.74, 6) is 5.48. The predicted molar refractivity (Wildman–Crippen MR) is 72.9 cm³/mol. The molecule has 0 saturated carbocycles. The molecule has 0 aliphatic heterocycles. The summed E-state index contributed by atoms with van der Waals surface area (Å²) in [5, 5.41) is 2.00. The number of methoxy groups -OCH3 is 1. The third-order valence-corrected chi connectivity index (χ3v) is 2.58. The lowest BCUT2D eigenvalue weighted by Gasteiger charge is -2.03. The number of halogens is 3. The van der Waals surface area contributed by atoms with Gasteiger partial charge in [0.25, 0.3) is 0 Å². The fraction of sp³-hybridized carbons (Fsp3) is 0.143. The zero-order valence-corrected chi connectivity index (χ0v) is 11.0. The van der Waals surface area contributed by atoms with Gasteiger partial charge in [-0.25, -0.2) is 0 Å². The number of alkyl halides is 3. The Morgan fingerprint density at radius 2 is 1.78 bits per heavy atom. The van der Waals surface area contributed by atoms with Gasteiger partial charge < -0.3 is 4.74 Å². The first-order valence-corrected chi connectivity index (χ1v) is 5.91. The van der Waals surface area contributed by atoms with Crippen molar-refractivity contribution in [1.29, 1.82) is 0 Å². The van der Waals surface area contributed by atoms with Crippen molar-refractivity contribution in [2.75, 3.05) is 7.11 Å². The Kier molecular flexibility index (Phi) is 3.65. The molecule has 0 aliphatic carbocycles. The van der Waals surface area contributed by atoms with Gasteiger partial charge in [-0.1, -0.05) is 41.3 Å². The number of hydrogen-bond donors (Lipinski definition) is 0. The molecule has 2 aromatic rings. The summed E-state index contributed by atoms with van der Waals surface area (Å²) in [4.78, 5) is 0. The Morgan fingerprint density at radius 1 is 1.11 bits per heavy atom. The van der Waals surface area contributed by atoms with Gasteiger partial charge in [0.15, 0.2) is 0 Å². The van der Waals surface area contributed by atoms with E-state index in [0.29, 0.717) is 5.56 Å². The molecule has 0 fully saturated rings. The van der Waals surface area contributed by atoms with Crippen LogP contribution >= 0.6 is 23.2 Å². The number of fused-ring (bicyclic) bond motifs is 1. The van der Waals surface area contributed by atoms with Crippen molar-refractivity contribution >= 4 is 34.0 Å². The molecule has 92 valence electrons. The Labute approximate surface area is 114 Å². The summed E-state index contributed by atoms with van der Waals surface area (Å²) in [6.07, 6.45) is 0. The van der Waals surface area contributed by atoms with E-state index < -0.39 is 4.59 Å². The number of ether oxygens (including phenoxy) is 1. The van der Waals surface area contributed by atoms with Crippen LogP contribution in [0.1, 0.15) is 5.56 Å². The van der Waals surface area contributed by atoms with Crippen molar-refractivity contribution in [2.45, 2.75) is 4.59 Å². The van der Waals surface area contributed by atoms with Crippen LogP contribution in [0.3, 0.4) is 0 Å². The molecule has 0 amide bonds. The minimum absolute atomic E-state index is 0.649. The second-order valence-electron chi connectivity index (χ2n) is 3.68. The van der Waals surface area contributed by atoms with Crippen molar-refractivity contribution < 1.29 is 9.13 Å². The molecular weight excluding hydrogens is 274 g/mol. The van der Waals surface area contributed by atoms with Crippen molar-refractivity contribution in [3.05, 3.63) is 42.0 Å². The van der Waals surface area contributed by atoms with Gasteiger partial charge in [0, 0.05) is 5.56 Å². The van der Waals surface area contributed by atoms with E-state index in [9.17, 15) is 4.39 Å². The highest BCUT2D eigenvalue weighted by atomic mass is 35.5. The van der Waals surface area contributed by atoms with Gasteiger partial charge in [0.1, 0.15) is 5.75 Å². The van der Waals surface area contributed by atoms with Crippen molar-refractivity contribution in [2.24, 2.45) is 0 Å². The fourth-order valence-corrected chi connectivity index (χ4v) is 1.67. The summed E-state index contributed by atoms with van der Waals surface area (Å²) in [7, 11) is 1.61. The van der Waals surface area contributed by atoms with Gasteiger partial charge in [0.05, 0.1) is 7.11 Å². The molecular formula is C14H9Cl2FO. The van der Waals surface area contributed by atoms with Crippen LogP contribution in [0.4, 0.5) is 4.39 Å². The monoisotopic (exact) mass is 282 g/mol. The van der Waals surface area contributed by atoms with E-state index in [1.807, 2.05) is 30.3 Å². The molecule has 0 N–H and O–H groups in total. The topological polar surface area (TPSA) is 9.23 Å². The van der Waals surface area contributed by atoms with Crippen molar-refractivity contribution in [3.8, 4) is 17.6 Å². The zero-order valence-electron chi connectivity index (χ0n) is 9.51. The highest BCUT2D eigenvalue weighted by molar-refractivity contribution is 6.49. The molecule has 2 aromatic carbocycles. The number of benzene rings is 2. The minimum atomic E-state index is -2.52. The second-order valence-corrected chi connectivity index (χ2v) is 4.91. The Balaban J connectivity index is 2.41. The largest absolute Gasteiger partial charge is 0.497 e. The molecule has 0 aromatic heterocycles. The molecule has 0 unspecified atom stereocenters. The maximum Gasteiger partial charge on any atom is 0.319 e. The van der Waals surface area contributed by atoms with Gasteiger partial charge in [-0.2, -0.15) is 4.39 Å². The Morgan fingerprint density at radius 3 is 2.44 bits per heavy atom. The number of rotatable bonds is 1. The second kappa shape index (κ2) is 5.06. The maximum absolute atomic E-state index is 12.8. The van der Waals surface area contributed by atoms with Crippen molar-refractivity contribution in [3.63, 3.8) is 0 Å². The molecule has 4 heteroatoms. The molecule has 2 rings (SSSR count). The van der Waals surface area contributed by atoms with E-state index in [4.69, 9.17) is 27.9 Å². The van der Waals surface area contributed by atoms with E-state index in [2.05, 4.69) is 11.8 Å². The molecule has 18 heavy (non-hydrogen) atoms. The lowest BCUT2D eigenvalue weighted by atomic mass is 10.1. The number of hydrogen-bond acceptors (Lipinski definition) is 1. The van der Waals surface area contributed by atoms with Gasteiger partial charge in [-0.3, -0.25) is 0 Å². The molecule has 1 nitrogen and oxygen atoms in total. The minimum Gasteiger partial charge on any atom is -0.497 e. The van der Waals surface area contributed by atoms with Crippen LogP contribution in [-0.4, -0.2) is 11.7 Å². The average molecular weight is 283 g/mol. The molecule has 0 radical (unpaired) electrons. The first kappa shape index (κ1) is 13.0. The van der Waals surface area contributed by atoms with Crippen LogP contribution < -0.4 is 4.74 Å². The summed E-state index contributed by atoms with van der Waals surface area (Å²) in [5.41, 5.74) is 0.649. The smallest absolute Gasteiger partial charge is 0.319 e. The molecule has 0 atom stereocenters. The molecule has 0 saturated heterocycles. The van der Waals surface area contributed by atoms with E-state index in [1.165, 1.54) is 0 Å². The van der Waals surface area contributed by atoms with Crippen LogP contribution in [0.25, 0.3) is 10.8 Å². The first-order valence-electron chi connectivity index (χ1n) is 5.16. The maximum atomic E-state index is 12.8. The summed E-state index contributed by atoms with van der Waals surface area (Å²) in [6.45, 7) is 0. The van der Waals surface area contributed by atoms with E-state index in [1.54, 1.807) is 13.2 Å². The highest BCUT2D eigenvalue weighted by Crippen LogP contribution is 2.23. The molecule has 0 heterocycles. The standard InChI is InChI=1S/C14H9Cl2FO/c1-18-13-5-4-11-8-10(2-3-12(11)9-13)6-7-14(15,16)17/h2-5,8-9H,1H3. The quantitative estimate of drug-likeness (QED) is 0.560. The van der Waals surface area contributed by atoms with Gasteiger partial charge >= 0.3 is 4.59 Å². The normalized spacial score (nSPS) is 10.9. The van der Waals surface area contributed by atoms with Gasteiger partial charge in [-0.15, -0.1) is 0 Å². The lowest BCUT2D eigenvalue weighted by Crippen LogP contribution is -1.97. The van der Waals surface area contributed by atoms with E-state index in [0.717, 1.165) is 16.5 Å². The average Bonchev–Trinajstić information content (AvgIpc) is 2.34. The van der Waals surface area contributed by atoms with Crippen LogP contribution in [0.15, 0.2) is 36.4 Å². The third-order valence-electron chi connectivity index (χ3n) is 2.40. The SMILES string of the molecule is COc1ccc2cc(C#CC(F)(Cl)Cl)ccc2c1. The van der Waals surface area contributed by atoms with Crippen LogP contribution in [0.2, 0.25) is 0 Å². The highest BCUT2D eigenvalue weighted by Gasteiger charge is 2.16. The first-order chi connectivity index (χ1) is 8.48. The third kappa shape index (κ3) is 3.29. The summed E-state index contributed by atoms with van der Waals surface area (Å²) >= 11 is 10.3. The molecule has 0 bridgehead atoms. The van der Waals surface area contributed by atoms with Gasteiger partial charge in [-0.05, 0) is 41.0 Å². The van der Waals surface area contributed by atoms with E-state index >= 15 is 0 Å². The van der Waals surface area contributed by atoms with E-state index in [-0.39, 0.29) is 0 Å². The van der Waals surface area contributed by atoms with Crippen molar-refractivity contribution in [1.82, 2.24) is 0 Å². The Hall–Kier alpha value is -1.43. The fourth-order valence-electron chi connectivity index (χ4n) is 1.57. The molecule has 0 aliphatic rings. The van der Waals surface area contributed by atoms with Crippen LogP contribution in [0, 0.1) is 11.8 Å². The summed E-state index contributed by atoms with van der Waals surface area (Å²) in [6, 6.07) is 11.2. The summed E-state index contributed by atoms with van der Waals surface area (Å²) < 4.78 is 15.4. The predicted octanol–water partition coefficient (Wildman–Crippen LogP) is 4.30. The Bertz CT molecular complexity index is 636. The molecule has 0 spiro atoms. The van der Waals surface area contributed by atoms with Crippen LogP contribution in [0.5, 0.6) is 5.75 Å². The zero-order chi connectivity index (χ0) is 13.2.